The highest BCUT2D eigenvalue weighted by atomic mass is 16.1. The third kappa shape index (κ3) is 4.85. The highest BCUT2D eigenvalue weighted by Crippen LogP contribution is 2.13. The maximum absolute atomic E-state index is 12.0. The molecule has 0 aromatic carbocycles. The average Bonchev–Trinajstić information content (AvgIpc) is 2.38. The molecule has 0 bridgehead atoms. The van der Waals surface area contributed by atoms with Crippen LogP contribution in [0.4, 0.5) is 5.69 Å². The van der Waals surface area contributed by atoms with Gasteiger partial charge in [0, 0.05) is 12.5 Å². The van der Waals surface area contributed by atoms with Crippen LogP contribution in [0.25, 0.3) is 0 Å². The molecule has 1 heterocycles. The molecule has 0 fully saturated rings. The van der Waals surface area contributed by atoms with Gasteiger partial charge in [-0.05, 0) is 6.42 Å². The molecule has 1 rings (SSSR count). The number of nitrogens with two attached hydrogens (primary N) is 1. The normalized spacial score (nSPS) is 10.7. The first kappa shape index (κ1) is 15.4. The number of nitrogens with one attached hydrogen (secondary N) is 1. The fourth-order valence-corrected chi connectivity index (χ4v) is 1.70. The molecule has 19 heavy (non-hydrogen) atoms. The molecule has 5 heteroatoms. The van der Waals surface area contributed by atoms with Crippen molar-refractivity contribution in [3.05, 3.63) is 17.7 Å². The van der Waals surface area contributed by atoms with Gasteiger partial charge in [0.2, 0.25) is 0 Å². The zero-order valence-electron chi connectivity index (χ0n) is 12.1. The molecule has 0 aliphatic rings. The van der Waals surface area contributed by atoms with Gasteiger partial charge in [-0.15, -0.1) is 0 Å². The molecule has 106 valence electrons. The van der Waals surface area contributed by atoms with Gasteiger partial charge in [0.05, 0.1) is 11.9 Å². The van der Waals surface area contributed by atoms with Crippen LogP contribution in [0.5, 0.6) is 0 Å². The first-order valence-corrected chi connectivity index (χ1v) is 6.96. The first-order chi connectivity index (χ1) is 9.06. The van der Waals surface area contributed by atoms with E-state index in [1.807, 2.05) is 13.8 Å². The smallest absolute Gasteiger partial charge is 0.272 e. The lowest BCUT2D eigenvalue weighted by atomic mass is 10.2. The Balaban J connectivity index is 2.58. The molecule has 1 amide bonds. The minimum Gasteiger partial charge on any atom is -0.396 e. The summed E-state index contributed by atoms with van der Waals surface area (Å²) in [6.45, 7) is 6.79. The van der Waals surface area contributed by atoms with E-state index in [4.69, 9.17) is 5.73 Å². The van der Waals surface area contributed by atoms with Crippen molar-refractivity contribution in [2.24, 2.45) is 0 Å². The van der Waals surface area contributed by atoms with E-state index >= 15 is 0 Å². The lowest BCUT2D eigenvalue weighted by molar-refractivity contribution is 0.0948. The number of amides is 1. The maximum Gasteiger partial charge on any atom is 0.272 e. The van der Waals surface area contributed by atoms with Crippen LogP contribution in [-0.2, 0) is 0 Å². The second-order valence-electron chi connectivity index (χ2n) is 5.00. The summed E-state index contributed by atoms with van der Waals surface area (Å²) in [4.78, 5) is 20.4. The monoisotopic (exact) mass is 264 g/mol. The molecule has 0 saturated carbocycles. The summed E-state index contributed by atoms with van der Waals surface area (Å²) in [5, 5.41) is 2.86. The Kier molecular flexibility index (Phi) is 6.25. The zero-order valence-corrected chi connectivity index (χ0v) is 12.1. The van der Waals surface area contributed by atoms with Crippen LogP contribution in [0.3, 0.4) is 0 Å². The number of nitrogens with zero attached hydrogens (tertiary/aromatic N) is 2. The van der Waals surface area contributed by atoms with Crippen LogP contribution in [0.1, 0.15) is 68.7 Å². The summed E-state index contributed by atoms with van der Waals surface area (Å²) in [5.74, 6) is 0.611. The Morgan fingerprint density at radius 3 is 2.74 bits per heavy atom. The van der Waals surface area contributed by atoms with Gasteiger partial charge in [0.1, 0.15) is 5.82 Å². The van der Waals surface area contributed by atoms with E-state index in [1.165, 1.54) is 19.0 Å². The molecule has 0 aliphatic heterocycles. The molecule has 1 aromatic rings. The van der Waals surface area contributed by atoms with Crippen LogP contribution in [-0.4, -0.2) is 22.4 Å². The van der Waals surface area contributed by atoms with Gasteiger partial charge < -0.3 is 11.1 Å². The lowest BCUT2D eigenvalue weighted by Crippen LogP contribution is -2.27. The van der Waals surface area contributed by atoms with E-state index in [0.717, 1.165) is 12.8 Å². The Hall–Kier alpha value is -1.65. The van der Waals surface area contributed by atoms with E-state index in [9.17, 15) is 4.79 Å². The second kappa shape index (κ2) is 7.71. The summed E-state index contributed by atoms with van der Waals surface area (Å²) in [5.41, 5.74) is 6.37. The molecule has 0 radical (unpaired) electrons. The average molecular weight is 264 g/mol. The van der Waals surface area contributed by atoms with Gasteiger partial charge in [-0.3, -0.25) is 4.79 Å². The van der Waals surface area contributed by atoms with Crippen molar-refractivity contribution in [1.29, 1.82) is 0 Å². The molecule has 0 saturated heterocycles. The number of carbonyl (C=O) groups excluding carboxylic acids is 1. The van der Waals surface area contributed by atoms with Crippen LogP contribution < -0.4 is 11.1 Å². The van der Waals surface area contributed by atoms with Crippen LogP contribution in [0.2, 0.25) is 0 Å². The van der Waals surface area contributed by atoms with E-state index in [0.29, 0.717) is 18.1 Å². The molecule has 0 aliphatic carbocycles. The maximum atomic E-state index is 12.0. The van der Waals surface area contributed by atoms with Crippen LogP contribution in [0.15, 0.2) is 6.20 Å². The third-order valence-corrected chi connectivity index (χ3v) is 2.88. The summed E-state index contributed by atoms with van der Waals surface area (Å²) in [6, 6.07) is 0. The predicted octanol–water partition coefficient (Wildman–Crippen LogP) is 2.49. The number of rotatable bonds is 7. The highest BCUT2D eigenvalue weighted by Gasteiger charge is 2.14. The largest absolute Gasteiger partial charge is 0.396 e. The topological polar surface area (TPSA) is 80.9 Å². The van der Waals surface area contributed by atoms with Gasteiger partial charge >= 0.3 is 0 Å². The van der Waals surface area contributed by atoms with E-state index in [2.05, 4.69) is 22.2 Å². The molecular weight excluding hydrogens is 240 g/mol. The van der Waals surface area contributed by atoms with E-state index in [1.54, 1.807) is 0 Å². The zero-order chi connectivity index (χ0) is 14.3. The van der Waals surface area contributed by atoms with E-state index < -0.39 is 0 Å². The summed E-state index contributed by atoms with van der Waals surface area (Å²) in [7, 11) is 0. The minimum atomic E-state index is -0.210. The molecule has 0 spiro atoms. The minimum absolute atomic E-state index is 0.178. The lowest BCUT2D eigenvalue weighted by Gasteiger charge is -2.09. The quantitative estimate of drug-likeness (QED) is 0.741. The number of aromatic nitrogens is 2. The van der Waals surface area contributed by atoms with Gasteiger partial charge in [0.25, 0.3) is 5.91 Å². The van der Waals surface area contributed by atoms with Crippen molar-refractivity contribution in [2.45, 2.75) is 52.4 Å². The molecule has 1 aromatic heterocycles. The molecule has 0 atom stereocenters. The number of nitrogen functional groups attached to an aromatic ring is 1. The standard InChI is InChI=1S/C14H24N4O/c1-4-5-6-7-8-16-14(19)12-11(15)9-17-13(18-12)10(2)3/h9-10H,4-8,15H2,1-3H3,(H,16,19). The van der Waals surface area contributed by atoms with Gasteiger partial charge in [-0.25, -0.2) is 9.97 Å². The first-order valence-electron chi connectivity index (χ1n) is 6.96. The highest BCUT2D eigenvalue weighted by molar-refractivity contribution is 5.96. The number of carbonyl (C=O) groups is 1. The molecule has 3 N–H and O–H groups in total. The number of unbranched alkanes of at least 4 members (excludes halogenated alkanes) is 3. The Bertz CT molecular complexity index is 418. The fourth-order valence-electron chi connectivity index (χ4n) is 1.70. The van der Waals surface area contributed by atoms with Crippen molar-refractivity contribution in [3.63, 3.8) is 0 Å². The Labute approximate surface area is 115 Å². The number of anilines is 1. The van der Waals surface area contributed by atoms with Gasteiger partial charge in [-0.1, -0.05) is 40.0 Å². The Morgan fingerprint density at radius 2 is 2.11 bits per heavy atom. The Morgan fingerprint density at radius 1 is 1.37 bits per heavy atom. The molecule has 5 nitrogen and oxygen atoms in total. The SMILES string of the molecule is CCCCCCNC(=O)c1nc(C(C)C)ncc1N. The summed E-state index contributed by atoms with van der Waals surface area (Å²) in [6.07, 6.45) is 6.01. The van der Waals surface area contributed by atoms with Crippen LogP contribution >= 0.6 is 0 Å². The second-order valence-corrected chi connectivity index (χ2v) is 5.00. The van der Waals surface area contributed by atoms with Crippen molar-refractivity contribution in [2.75, 3.05) is 12.3 Å². The summed E-state index contributed by atoms with van der Waals surface area (Å²) < 4.78 is 0. The number of hydrogen-bond acceptors (Lipinski definition) is 4. The van der Waals surface area contributed by atoms with Gasteiger partial charge in [0.15, 0.2) is 5.69 Å². The van der Waals surface area contributed by atoms with E-state index in [-0.39, 0.29) is 17.5 Å². The fraction of sp³-hybridized carbons (Fsp3) is 0.643. The third-order valence-electron chi connectivity index (χ3n) is 2.88. The summed E-state index contributed by atoms with van der Waals surface area (Å²) >= 11 is 0. The van der Waals surface area contributed by atoms with Crippen molar-refractivity contribution < 1.29 is 4.79 Å². The number of hydrogen-bond donors (Lipinski definition) is 2. The molecular formula is C14H24N4O. The molecule has 0 unspecified atom stereocenters. The van der Waals surface area contributed by atoms with Crippen molar-refractivity contribution in [1.82, 2.24) is 15.3 Å². The van der Waals surface area contributed by atoms with Gasteiger partial charge in [-0.2, -0.15) is 0 Å². The van der Waals surface area contributed by atoms with Crippen molar-refractivity contribution >= 4 is 11.6 Å². The van der Waals surface area contributed by atoms with Crippen LogP contribution in [0, 0.1) is 0 Å². The predicted molar refractivity (Wildman–Crippen MR) is 77.0 cm³/mol. The van der Waals surface area contributed by atoms with Crippen molar-refractivity contribution in [3.8, 4) is 0 Å².